The molecule has 8 nitrogen and oxygen atoms in total. The van der Waals surface area contributed by atoms with Crippen LogP contribution in [-0.2, 0) is 15.9 Å². The van der Waals surface area contributed by atoms with E-state index in [4.69, 9.17) is 16.3 Å². The monoisotopic (exact) mass is 546 g/mol. The molecule has 4 atom stereocenters. The number of ether oxygens (including phenoxy) is 1. The van der Waals surface area contributed by atoms with Crippen LogP contribution in [0.3, 0.4) is 0 Å². The summed E-state index contributed by atoms with van der Waals surface area (Å²) >= 11 is 5.80. The molecule has 2 heterocycles. The first kappa shape index (κ1) is 26.8. The van der Waals surface area contributed by atoms with Crippen molar-refractivity contribution in [3.8, 4) is 0 Å². The van der Waals surface area contributed by atoms with E-state index in [2.05, 4.69) is 4.98 Å². The van der Waals surface area contributed by atoms with Crippen LogP contribution in [0.15, 0.2) is 112 Å². The van der Waals surface area contributed by atoms with Crippen molar-refractivity contribution in [1.82, 2.24) is 9.55 Å². The summed E-state index contributed by atoms with van der Waals surface area (Å²) in [5, 5.41) is 33.4. The van der Waals surface area contributed by atoms with Crippen LogP contribution in [-0.4, -0.2) is 49.8 Å². The Bertz CT molecular complexity index is 1480. The Labute approximate surface area is 229 Å². The van der Waals surface area contributed by atoms with E-state index in [1.54, 1.807) is 0 Å². The van der Waals surface area contributed by atoms with Crippen LogP contribution in [0.1, 0.15) is 22.3 Å². The third-order valence-electron chi connectivity index (χ3n) is 7.34. The normalized spacial score (nSPS) is 23.3. The smallest absolute Gasteiger partial charge is 0.330 e. The summed E-state index contributed by atoms with van der Waals surface area (Å²) in [6.07, 6.45) is -2.05. The van der Waals surface area contributed by atoms with Gasteiger partial charge in [-0.25, -0.2) is 4.79 Å². The maximum atomic E-state index is 13.7. The van der Waals surface area contributed by atoms with Crippen LogP contribution in [0.25, 0.3) is 6.08 Å². The minimum Gasteiger partial charge on any atom is -0.394 e. The van der Waals surface area contributed by atoms with E-state index in [9.17, 15) is 24.9 Å². The summed E-state index contributed by atoms with van der Waals surface area (Å²) in [6, 6.07) is 27.5. The Morgan fingerprint density at radius 3 is 1.79 bits per heavy atom. The first-order valence-electron chi connectivity index (χ1n) is 12.4. The summed E-state index contributed by atoms with van der Waals surface area (Å²) < 4.78 is 7.62. The van der Waals surface area contributed by atoms with Crippen molar-refractivity contribution < 1.29 is 20.1 Å². The first-order valence-corrected chi connectivity index (χ1v) is 12.8. The second kappa shape index (κ2) is 10.8. The second-order valence-electron chi connectivity index (χ2n) is 9.33. The average Bonchev–Trinajstić information content (AvgIpc) is 3.23. The van der Waals surface area contributed by atoms with Crippen molar-refractivity contribution in [3.63, 3.8) is 0 Å². The highest BCUT2D eigenvalue weighted by Crippen LogP contribution is 2.56. The number of H-pyrrole nitrogens is 1. The lowest BCUT2D eigenvalue weighted by Crippen LogP contribution is -2.64. The molecular formula is C30H27ClN2O6. The van der Waals surface area contributed by atoms with Crippen LogP contribution in [0, 0.1) is 0 Å². The number of halogens is 1. The summed E-state index contributed by atoms with van der Waals surface area (Å²) in [5.41, 5.74) is -2.17. The highest BCUT2D eigenvalue weighted by Gasteiger charge is 2.68. The molecule has 4 N–H and O–H groups in total. The number of rotatable bonds is 7. The Kier molecular flexibility index (Phi) is 7.40. The molecule has 9 heteroatoms. The van der Waals surface area contributed by atoms with E-state index >= 15 is 0 Å². The maximum Gasteiger partial charge on any atom is 0.330 e. The molecule has 4 aromatic rings. The largest absolute Gasteiger partial charge is 0.394 e. The zero-order valence-electron chi connectivity index (χ0n) is 20.7. The minimum atomic E-state index is -2.11. The summed E-state index contributed by atoms with van der Waals surface area (Å²) in [6.45, 7) is -0.638. The fraction of sp³-hybridized carbons (Fsp3) is 0.200. The molecule has 1 fully saturated rings. The third-order valence-corrected chi connectivity index (χ3v) is 7.47. The Hall–Kier alpha value is -3.79. The number of hydrogen-bond acceptors (Lipinski definition) is 6. The number of benzene rings is 3. The molecule has 1 saturated heterocycles. The van der Waals surface area contributed by atoms with Crippen LogP contribution >= 0.6 is 11.6 Å². The maximum absolute atomic E-state index is 13.7. The van der Waals surface area contributed by atoms with Gasteiger partial charge in [0.05, 0.1) is 17.6 Å². The van der Waals surface area contributed by atoms with Crippen LogP contribution < -0.4 is 11.2 Å². The van der Waals surface area contributed by atoms with Gasteiger partial charge in [0, 0.05) is 11.7 Å². The molecule has 200 valence electrons. The molecule has 1 aromatic heterocycles. The first-order chi connectivity index (χ1) is 18.9. The lowest BCUT2D eigenvalue weighted by molar-refractivity contribution is -0.180. The zero-order chi connectivity index (χ0) is 27.6. The molecule has 0 aliphatic carbocycles. The predicted octanol–water partition coefficient (Wildman–Crippen LogP) is 2.55. The van der Waals surface area contributed by atoms with Gasteiger partial charge in [0.15, 0.2) is 5.72 Å². The van der Waals surface area contributed by atoms with Crippen molar-refractivity contribution in [2.24, 2.45) is 0 Å². The van der Waals surface area contributed by atoms with E-state index in [0.29, 0.717) is 16.7 Å². The van der Waals surface area contributed by atoms with Gasteiger partial charge in [0.2, 0.25) is 0 Å². The summed E-state index contributed by atoms with van der Waals surface area (Å²) in [5.74, 6) is 0. The highest BCUT2D eigenvalue weighted by atomic mass is 35.5. The Morgan fingerprint density at radius 1 is 0.897 bits per heavy atom. The molecule has 0 bridgehead atoms. The van der Waals surface area contributed by atoms with E-state index in [-0.39, 0.29) is 5.56 Å². The molecule has 3 aromatic carbocycles. The molecule has 0 radical (unpaired) electrons. The minimum absolute atomic E-state index is 0.0183. The summed E-state index contributed by atoms with van der Waals surface area (Å²) in [7, 11) is 0. The van der Waals surface area contributed by atoms with Crippen LogP contribution in [0.2, 0.25) is 0 Å². The molecule has 0 amide bonds. The number of aromatic amines is 1. The fourth-order valence-corrected chi connectivity index (χ4v) is 5.88. The standard InChI is InChI=1S/C30H27ClN2O6/c31-17-16-20-18-33(28(38)32-27(20)37)30(26(36)25(35)24(19-34)39-30)29(21-10-4-1-5-11-21,22-12-6-2-7-13-22)23-14-8-3-9-15-23/h1-18,24-26,34-36H,19H2,(H,32,37,38)/t24-,25-,26-,30+/m1/s1. The lowest BCUT2D eigenvalue weighted by Gasteiger charge is -2.51. The van der Waals surface area contributed by atoms with Gasteiger partial charge < -0.3 is 20.1 Å². The third kappa shape index (κ3) is 4.09. The summed E-state index contributed by atoms with van der Waals surface area (Å²) in [4.78, 5) is 28.6. The Balaban J connectivity index is 2.05. The highest BCUT2D eigenvalue weighted by molar-refractivity contribution is 6.27. The molecule has 39 heavy (non-hydrogen) atoms. The number of nitrogens with one attached hydrogen (secondary N) is 1. The predicted molar refractivity (Wildman–Crippen MR) is 147 cm³/mol. The fourth-order valence-electron chi connectivity index (χ4n) is 5.74. The van der Waals surface area contributed by atoms with E-state index < -0.39 is 47.3 Å². The van der Waals surface area contributed by atoms with Gasteiger partial charge in [0.25, 0.3) is 5.56 Å². The topological polar surface area (TPSA) is 125 Å². The van der Waals surface area contributed by atoms with Gasteiger partial charge in [-0.2, -0.15) is 0 Å². The molecule has 0 saturated carbocycles. The van der Waals surface area contributed by atoms with Crippen molar-refractivity contribution in [3.05, 3.63) is 146 Å². The number of aliphatic hydroxyl groups excluding tert-OH is 3. The average molecular weight is 547 g/mol. The molecule has 1 aliphatic heterocycles. The van der Waals surface area contributed by atoms with E-state index in [1.165, 1.54) is 12.3 Å². The van der Waals surface area contributed by atoms with Crippen LogP contribution in [0.5, 0.6) is 0 Å². The van der Waals surface area contributed by atoms with Crippen molar-refractivity contribution in [2.45, 2.75) is 29.5 Å². The van der Waals surface area contributed by atoms with Crippen LogP contribution in [0.4, 0.5) is 0 Å². The quantitative estimate of drug-likeness (QED) is 0.264. The SMILES string of the molecule is O=c1[nH]c(=O)n([C@]2(C(c3ccccc3)(c3ccccc3)c3ccccc3)O[C@H](CO)[C@@H](O)[C@H]2O)cc1C=CCl. The number of aromatic nitrogens is 2. The van der Waals surface area contributed by atoms with Crippen molar-refractivity contribution >= 4 is 17.7 Å². The zero-order valence-corrected chi connectivity index (χ0v) is 21.5. The number of aliphatic hydroxyl groups is 3. The molecule has 0 unspecified atom stereocenters. The van der Waals surface area contributed by atoms with Crippen molar-refractivity contribution in [2.75, 3.05) is 6.61 Å². The van der Waals surface area contributed by atoms with Gasteiger partial charge >= 0.3 is 5.69 Å². The number of nitrogens with zero attached hydrogens (tertiary/aromatic N) is 1. The van der Waals surface area contributed by atoms with Gasteiger partial charge in [0.1, 0.15) is 18.3 Å². The molecule has 5 rings (SSSR count). The molecule has 1 aliphatic rings. The molecule has 0 spiro atoms. The van der Waals surface area contributed by atoms with Gasteiger partial charge in [-0.05, 0) is 22.8 Å². The molecular weight excluding hydrogens is 520 g/mol. The van der Waals surface area contributed by atoms with Gasteiger partial charge in [-0.3, -0.25) is 14.3 Å². The van der Waals surface area contributed by atoms with Gasteiger partial charge in [-0.1, -0.05) is 103 Å². The number of hydrogen-bond donors (Lipinski definition) is 4. The second-order valence-corrected chi connectivity index (χ2v) is 9.58. The lowest BCUT2D eigenvalue weighted by atomic mass is 9.60. The van der Waals surface area contributed by atoms with Gasteiger partial charge in [-0.15, -0.1) is 0 Å². The van der Waals surface area contributed by atoms with Crippen molar-refractivity contribution in [1.29, 1.82) is 0 Å². The van der Waals surface area contributed by atoms with E-state index in [0.717, 1.165) is 10.1 Å². The Morgan fingerprint density at radius 2 is 1.38 bits per heavy atom. The van der Waals surface area contributed by atoms with E-state index in [1.807, 2.05) is 91.0 Å².